The molecule has 0 saturated carbocycles. The van der Waals surface area contributed by atoms with E-state index in [4.69, 9.17) is 0 Å². The topological polar surface area (TPSA) is 29.1 Å². The molecule has 4 heteroatoms. The summed E-state index contributed by atoms with van der Waals surface area (Å²) in [6, 6.07) is 0. The largest absolute Gasteiger partial charge is 0.349 e. The molecule has 0 aromatic rings. The first-order valence-corrected chi connectivity index (χ1v) is 7.23. The van der Waals surface area contributed by atoms with Gasteiger partial charge in [0.2, 0.25) is 5.91 Å². The third kappa shape index (κ3) is 3.89. The number of rotatable bonds is 6. The zero-order chi connectivity index (χ0) is 11.2. The fourth-order valence-corrected chi connectivity index (χ4v) is 2.95. The number of hydrogen-bond donors (Lipinski definition) is 1. The molecule has 0 aliphatic carbocycles. The van der Waals surface area contributed by atoms with Gasteiger partial charge in [0.15, 0.2) is 0 Å². The van der Waals surface area contributed by atoms with Crippen molar-refractivity contribution in [1.82, 2.24) is 5.32 Å². The summed E-state index contributed by atoms with van der Waals surface area (Å²) < 4.78 is 0. The van der Waals surface area contributed by atoms with E-state index in [-0.39, 0.29) is 17.4 Å². The molecule has 14 heavy (non-hydrogen) atoms. The van der Waals surface area contributed by atoms with Crippen LogP contribution in [-0.2, 0) is 4.79 Å². The highest BCUT2D eigenvalue weighted by molar-refractivity contribution is 9.09. The Bertz CT molecular complexity index is 173. The summed E-state index contributed by atoms with van der Waals surface area (Å²) in [5, 5.41) is 4.66. The highest BCUT2D eigenvalue weighted by Crippen LogP contribution is 2.18. The summed E-state index contributed by atoms with van der Waals surface area (Å²) in [6.45, 7) is 6.07. The maximum absolute atomic E-state index is 11.7. The summed E-state index contributed by atoms with van der Waals surface area (Å²) in [5.74, 6) is 0.243. The van der Waals surface area contributed by atoms with Crippen molar-refractivity contribution in [2.75, 3.05) is 10.7 Å². The quantitative estimate of drug-likeness (QED) is 0.746. The number of hydrogen-bond acceptors (Lipinski definition) is 1. The first kappa shape index (κ1) is 14.4. The molecule has 0 aliphatic heterocycles. The van der Waals surface area contributed by atoms with Crippen LogP contribution >= 0.6 is 31.9 Å². The van der Waals surface area contributed by atoms with Crippen LogP contribution in [0.15, 0.2) is 0 Å². The van der Waals surface area contributed by atoms with Crippen molar-refractivity contribution >= 4 is 37.8 Å². The lowest BCUT2D eigenvalue weighted by molar-refractivity contribution is -0.126. The zero-order valence-corrected chi connectivity index (χ0v) is 12.2. The van der Waals surface area contributed by atoms with E-state index in [0.29, 0.717) is 0 Å². The Kier molecular flexibility index (Phi) is 7.04. The molecule has 84 valence electrons. The number of halogens is 2. The monoisotopic (exact) mass is 327 g/mol. The molecule has 1 amide bonds. The van der Waals surface area contributed by atoms with Gasteiger partial charge in [0, 0.05) is 16.6 Å². The van der Waals surface area contributed by atoms with Crippen molar-refractivity contribution in [2.45, 2.75) is 39.2 Å². The van der Waals surface area contributed by atoms with Crippen molar-refractivity contribution in [3.63, 3.8) is 0 Å². The molecular formula is C10H19Br2NO. The first-order valence-electron chi connectivity index (χ1n) is 4.99. The van der Waals surface area contributed by atoms with E-state index >= 15 is 0 Å². The summed E-state index contributed by atoms with van der Waals surface area (Å²) >= 11 is 6.90. The molecular weight excluding hydrogens is 310 g/mol. The van der Waals surface area contributed by atoms with Gasteiger partial charge in [-0.15, -0.1) is 0 Å². The molecule has 0 heterocycles. The third-order valence-electron chi connectivity index (χ3n) is 2.64. The molecule has 0 aromatic carbocycles. The lowest BCUT2D eigenvalue weighted by atomic mass is 9.99. The molecule has 1 atom stereocenters. The minimum Gasteiger partial charge on any atom is -0.349 e. The van der Waals surface area contributed by atoms with Crippen LogP contribution in [0.3, 0.4) is 0 Å². The number of carbonyl (C=O) groups excluding carboxylic acids is 1. The van der Waals surface area contributed by atoms with Gasteiger partial charge in [0.1, 0.15) is 0 Å². The normalized spacial score (nSPS) is 13.8. The van der Waals surface area contributed by atoms with Gasteiger partial charge in [-0.1, -0.05) is 52.6 Å². The van der Waals surface area contributed by atoms with Gasteiger partial charge in [-0.25, -0.2) is 0 Å². The van der Waals surface area contributed by atoms with E-state index in [1.54, 1.807) is 0 Å². The van der Waals surface area contributed by atoms with E-state index in [1.165, 1.54) is 0 Å². The molecule has 1 N–H and O–H groups in total. The summed E-state index contributed by atoms with van der Waals surface area (Å²) in [6.07, 6.45) is 1.81. The van der Waals surface area contributed by atoms with Crippen LogP contribution in [-0.4, -0.2) is 22.1 Å². The fraction of sp³-hybridized carbons (Fsp3) is 0.900. The van der Waals surface area contributed by atoms with Gasteiger partial charge in [-0.05, 0) is 12.8 Å². The number of carbonyl (C=O) groups is 1. The molecule has 0 aromatic heterocycles. The van der Waals surface area contributed by atoms with Crippen molar-refractivity contribution in [3.05, 3.63) is 0 Å². The van der Waals surface area contributed by atoms with Crippen LogP contribution in [0.5, 0.6) is 0 Å². The maximum Gasteiger partial charge on any atom is 0.223 e. The van der Waals surface area contributed by atoms with Crippen LogP contribution in [0.4, 0.5) is 0 Å². The second kappa shape index (κ2) is 6.83. The van der Waals surface area contributed by atoms with Gasteiger partial charge < -0.3 is 5.32 Å². The Hall–Kier alpha value is 0.430. The molecule has 0 saturated heterocycles. The third-order valence-corrected chi connectivity index (χ3v) is 4.78. The van der Waals surface area contributed by atoms with Crippen molar-refractivity contribution in [1.29, 1.82) is 0 Å². The van der Waals surface area contributed by atoms with Gasteiger partial charge in [0.05, 0.1) is 5.54 Å². The fourth-order valence-electron chi connectivity index (χ4n) is 0.950. The Balaban J connectivity index is 4.37. The van der Waals surface area contributed by atoms with E-state index in [1.807, 2.05) is 13.8 Å². The van der Waals surface area contributed by atoms with Crippen molar-refractivity contribution in [3.8, 4) is 0 Å². The van der Waals surface area contributed by atoms with Crippen LogP contribution in [0.1, 0.15) is 33.6 Å². The van der Waals surface area contributed by atoms with E-state index in [9.17, 15) is 4.79 Å². The van der Waals surface area contributed by atoms with Crippen molar-refractivity contribution < 1.29 is 4.79 Å². The minimum absolute atomic E-state index is 0.0963. The lowest BCUT2D eigenvalue weighted by Crippen LogP contribution is -2.52. The molecule has 2 nitrogen and oxygen atoms in total. The maximum atomic E-state index is 11.7. The van der Waals surface area contributed by atoms with Crippen LogP contribution in [0.25, 0.3) is 0 Å². The standard InChI is InChI=1S/C10H19Br2NO/c1-4-8(3)9(14)13-10(5-2,6-11)7-12/h8H,4-7H2,1-3H3,(H,13,14). The molecule has 0 aliphatic rings. The smallest absolute Gasteiger partial charge is 0.223 e. The summed E-state index contributed by atoms with van der Waals surface area (Å²) in [5.41, 5.74) is -0.138. The average Bonchev–Trinajstić information content (AvgIpc) is 2.24. The van der Waals surface area contributed by atoms with Gasteiger partial charge in [0.25, 0.3) is 0 Å². The number of alkyl halides is 2. The summed E-state index contributed by atoms with van der Waals surface area (Å²) in [7, 11) is 0. The first-order chi connectivity index (χ1) is 6.55. The Morgan fingerprint density at radius 2 is 1.86 bits per heavy atom. The predicted molar refractivity (Wildman–Crippen MR) is 68.2 cm³/mol. The minimum atomic E-state index is -0.138. The SMILES string of the molecule is CCC(C)C(=O)NC(CC)(CBr)CBr. The highest BCUT2D eigenvalue weighted by atomic mass is 79.9. The molecule has 1 unspecified atom stereocenters. The van der Waals surface area contributed by atoms with Crippen LogP contribution in [0, 0.1) is 5.92 Å². The molecule has 0 rings (SSSR count). The number of nitrogens with one attached hydrogen (secondary N) is 1. The molecule has 0 fully saturated rings. The second-order valence-corrected chi connectivity index (χ2v) is 4.82. The molecule has 0 radical (unpaired) electrons. The highest BCUT2D eigenvalue weighted by Gasteiger charge is 2.28. The van der Waals surface area contributed by atoms with E-state index < -0.39 is 0 Å². The van der Waals surface area contributed by atoms with Crippen LogP contribution in [0.2, 0.25) is 0 Å². The lowest BCUT2D eigenvalue weighted by Gasteiger charge is -2.31. The van der Waals surface area contributed by atoms with Crippen molar-refractivity contribution in [2.24, 2.45) is 5.92 Å². The van der Waals surface area contributed by atoms with E-state index in [2.05, 4.69) is 44.1 Å². The van der Waals surface area contributed by atoms with E-state index in [0.717, 1.165) is 23.5 Å². The zero-order valence-electron chi connectivity index (χ0n) is 9.07. The Morgan fingerprint density at radius 3 is 2.14 bits per heavy atom. The van der Waals surface area contributed by atoms with Crippen LogP contribution < -0.4 is 5.32 Å². The number of amides is 1. The Labute approximate surface area is 103 Å². The second-order valence-electron chi connectivity index (χ2n) is 3.70. The average molecular weight is 329 g/mol. The molecule has 0 spiro atoms. The molecule has 0 bridgehead atoms. The Morgan fingerprint density at radius 1 is 1.36 bits per heavy atom. The van der Waals surface area contributed by atoms with Gasteiger partial charge in [-0.3, -0.25) is 4.79 Å². The summed E-state index contributed by atoms with van der Waals surface area (Å²) in [4.78, 5) is 11.7. The van der Waals surface area contributed by atoms with Gasteiger partial charge >= 0.3 is 0 Å². The predicted octanol–water partition coefficient (Wildman–Crippen LogP) is 3.09. The van der Waals surface area contributed by atoms with Gasteiger partial charge in [-0.2, -0.15) is 0 Å².